The molecule has 21 nitrogen and oxygen atoms in total. The van der Waals surface area contributed by atoms with Gasteiger partial charge in [0.25, 0.3) is 7.82 Å². The fraction of sp³-hybridized carbons (Fsp3) is 0.697. The Bertz CT molecular complexity index is 1450. The Morgan fingerprint density at radius 1 is 0.891 bits per heavy atom. The third kappa shape index (κ3) is 15.6. The van der Waals surface area contributed by atoms with Crippen LogP contribution in [-0.4, -0.2) is 132 Å². The molecule has 55 heavy (non-hydrogen) atoms. The van der Waals surface area contributed by atoms with Gasteiger partial charge in [-0.05, 0) is 53.4 Å². The summed E-state index contributed by atoms with van der Waals surface area (Å²) in [6.45, 7) is 6.55. The molecule has 2 rings (SSSR count). The van der Waals surface area contributed by atoms with Crippen molar-refractivity contribution in [1.29, 1.82) is 0 Å². The third-order valence-corrected chi connectivity index (χ3v) is 9.26. The lowest BCUT2D eigenvalue weighted by Gasteiger charge is -2.47. The highest BCUT2D eigenvalue weighted by molar-refractivity contribution is 7.45. The minimum atomic E-state index is -5.75. The SMILES string of the molecule is CC(=O)NC1[C@H](O[C@H]2C(OP(=O)([O-])OC[C@@H](OC/C=C(/C)CC/C=C(\C)CCC=C(C)C)C(=O)[O-])OC(C(N)=O)C(O)[C@@H]2OC(N)=O)OC(CO)[C@H](O)[C@@H]1O. The Morgan fingerprint density at radius 2 is 1.51 bits per heavy atom. The van der Waals surface area contributed by atoms with Gasteiger partial charge in [-0.15, -0.1) is 0 Å². The first-order valence-electron chi connectivity index (χ1n) is 17.2. The minimum Gasteiger partial charge on any atom is -0.756 e. The van der Waals surface area contributed by atoms with Crippen molar-refractivity contribution in [2.75, 3.05) is 19.8 Å². The molecular formula is C33H52N3O18P-2. The van der Waals surface area contributed by atoms with Crippen molar-refractivity contribution >= 4 is 31.7 Å². The number of phosphoric ester groups is 1. The number of aliphatic hydroxyl groups is 4. The van der Waals surface area contributed by atoms with E-state index >= 15 is 0 Å². The highest BCUT2D eigenvalue weighted by Gasteiger charge is 2.55. The normalized spacial score (nSPS) is 30.4. The Morgan fingerprint density at radius 3 is 2.05 bits per heavy atom. The molecule has 314 valence electrons. The van der Waals surface area contributed by atoms with Crippen LogP contribution < -0.4 is 26.8 Å². The summed E-state index contributed by atoms with van der Waals surface area (Å²) >= 11 is 0. The number of hydrogen-bond donors (Lipinski definition) is 7. The van der Waals surface area contributed by atoms with E-state index in [9.17, 15) is 54.2 Å². The number of aliphatic hydroxyl groups excluding tert-OH is 4. The van der Waals surface area contributed by atoms with Gasteiger partial charge in [-0.3, -0.25) is 18.7 Å². The van der Waals surface area contributed by atoms with Gasteiger partial charge in [0, 0.05) is 6.92 Å². The summed E-state index contributed by atoms with van der Waals surface area (Å²) in [6.07, 6.45) is -12.8. The second kappa shape index (κ2) is 22.4. The predicted molar refractivity (Wildman–Crippen MR) is 183 cm³/mol. The molecule has 12 atom stereocenters. The topological polar surface area (TPSA) is 341 Å². The van der Waals surface area contributed by atoms with E-state index in [0.29, 0.717) is 6.42 Å². The molecule has 2 aliphatic rings. The molecule has 3 amide bonds. The van der Waals surface area contributed by atoms with Gasteiger partial charge in [0.15, 0.2) is 30.9 Å². The number of ether oxygens (including phenoxy) is 5. The number of carbonyl (C=O) groups excluding carboxylic acids is 4. The first kappa shape index (κ1) is 47.8. The lowest BCUT2D eigenvalue weighted by atomic mass is 9.95. The monoisotopic (exact) mass is 809 g/mol. The first-order chi connectivity index (χ1) is 25.7. The van der Waals surface area contributed by atoms with Crippen LogP contribution in [0.15, 0.2) is 34.9 Å². The van der Waals surface area contributed by atoms with Gasteiger partial charge in [-0.1, -0.05) is 34.9 Å². The van der Waals surface area contributed by atoms with Crippen LogP contribution in [0.25, 0.3) is 0 Å². The lowest BCUT2D eigenvalue weighted by Crippen LogP contribution is -2.68. The summed E-state index contributed by atoms with van der Waals surface area (Å²) in [5, 5.41) is 55.5. The van der Waals surface area contributed by atoms with Crippen LogP contribution >= 0.6 is 7.82 Å². The zero-order valence-electron chi connectivity index (χ0n) is 31.1. The van der Waals surface area contributed by atoms with E-state index in [4.69, 9.17) is 44.2 Å². The maximum atomic E-state index is 13.1. The molecule has 2 heterocycles. The van der Waals surface area contributed by atoms with Crippen LogP contribution in [0, 0.1) is 0 Å². The number of carbonyl (C=O) groups is 4. The average molecular weight is 810 g/mol. The molecule has 0 spiro atoms. The van der Waals surface area contributed by atoms with Gasteiger partial charge in [-0.2, -0.15) is 0 Å². The molecule has 0 aromatic heterocycles. The van der Waals surface area contributed by atoms with Crippen molar-refractivity contribution in [2.24, 2.45) is 11.5 Å². The van der Waals surface area contributed by atoms with E-state index in [1.165, 1.54) is 11.1 Å². The van der Waals surface area contributed by atoms with E-state index in [-0.39, 0.29) is 6.61 Å². The second-order valence-corrected chi connectivity index (χ2v) is 14.6. The van der Waals surface area contributed by atoms with Crippen LogP contribution in [0.3, 0.4) is 0 Å². The number of primary amides is 2. The van der Waals surface area contributed by atoms with E-state index in [1.807, 2.05) is 20.8 Å². The standard InChI is InChI=1S/C33H54N3O18P/c1-16(2)8-6-9-17(3)10-7-11-18(4)12-13-48-21(30(43)44)15-49-55(46,47)54-32-28(26(53-33(35)45)25(41)27(51-32)29(34)42)52-31-22(36-19(5)38)24(40)23(39)20(14-37)50-31/h8,10,12,20-28,31-32,37,39-41H,6-7,9,11,13-15H2,1-5H3,(H2,34,42)(H2,35,45)(H,36,38)(H,43,44)(H,46,47)/p-2/b17-10+,18-12-/t20?,21-,22?,23+,24-,25?,26+,27?,28-,31+,32?/m1/s1. The van der Waals surface area contributed by atoms with Crippen molar-refractivity contribution in [3.63, 3.8) is 0 Å². The number of amides is 3. The number of nitrogens with one attached hydrogen (secondary N) is 1. The summed E-state index contributed by atoms with van der Waals surface area (Å²) in [7, 11) is -5.75. The molecule has 0 bridgehead atoms. The van der Waals surface area contributed by atoms with E-state index < -0.39 is 112 Å². The molecule has 0 radical (unpaired) electrons. The summed E-state index contributed by atoms with van der Waals surface area (Å²) < 4.78 is 49.3. The highest BCUT2D eigenvalue weighted by Crippen LogP contribution is 2.44. The summed E-state index contributed by atoms with van der Waals surface area (Å²) in [5.41, 5.74) is 13.7. The number of allylic oxidation sites excluding steroid dienone is 5. The predicted octanol–water partition coefficient (Wildman–Crippen LogP) is -2.59. The molecule has 0 aromatic carbocycles. The van der Waals surface area contributed by atoms with Gasteiger partial charge >= 0.3 is 6.09 Å². The highest BCUT2D eigenvalue weighted by atomic mass is 31.2. The fourth-order valence-corrected chi connectivity index (χ4v) is 6.25. The average Bonchev–Trinajstić information content (AvgIpc) is 3.07. The maximum absolute atomic E-state index is 13.1. The summed E-state index contributed by atoms with van der Waals surface area (Å²) in [4.78, 5) is 60.7. The smallest absolute Gasteiger partial charge is 0.404 e. The van der Waals surface area contributed by atoms with Crippen molar-refractivity contribution in [1.82, 2.24) is 5.32 Å². The molecule has 6 unspecified atom stereocenters. The number of carboxylic acids is 1. The van der Waals surface area contributed by atoms with Crippen LogP contribution in [0.4, 0.5) is 4.79 Å². The fourth-order valence-electron chi connectivity index (χ4n) is 5.44. The summed E-state index contributed by atoms with van der Waals surface area (Å²) in [6, 6.07) is -1.66. The maximum Gasteiger partial charge on any atom is 0.404 e. The molecule has 0 aromatic rings. The Balaban J connectivity index is 2.25. The minimum absolute atomic E-state index is 0.265. The molecule has 22 heteroatoms. The number of aliphatic carboxylic acids is 1. The van der Waals surface area contributed by atoms with E-state index in [1.54, 1.807) is 13.0 Å². The Kier molecular flexibility index (Phi) is 19.5. The molecular weight excluding hydrogens is 757 g/mol. The van der Waals surface area contributed by atoms with Crippen LogP contribution in [0.2, 0.25) is 0 Å². The van der Waals surface area contributed by atoms with Crippen molar-refractivity contribution in [2.45, 2.75) is 128 Å². The van der Waals surface area contributed by atoms with Crippen LogP contribution in [0.1, 0.15) is 60.3 Å². The number of carboxylic acid groups (broad SMARTS) is 1. The van der Waals surface area contributed by atoms with Gasteiger partial charge in [0.05, 0.1) is 25.8 Å². The number of hydrogen-bond acceptors (Lipinski definition) is 18. The molecule has 9 N–H and O–H groups in total. The second-order valence-electron chi connectivity index (χ2n) is 13.2. The van der Waals surface area contributed by atoms with Crippen molar-refractivity contribution < 1.29 is 86.9 Å². The van der Waals surface area contributed by atoms with Gasteiger partial charge in [0.1, 0.15) is 36.6 Å². The third-order valence-electron chi connectivity index (χ3n) is 8.33. The number of rotatable bonds is 21. The van der Waals surface area contributed by atoms with Gasteiger partial charge < -0.3 is 80.2 Å². The van der Waals surface area contributed by atoms with Gasteiger partial charge in [-0.25, -0.2) is 4.79 Å². The zero-order chi connectivity index (χ0) is 41.6. The number of nitrogens with two attached hydrogens (primary N) is 2. The number of phosphoric acid groups is 1. The van der Waals surface area contributed by atoms with E-state index in [0.717, 1.165) is 31.8 Å². The van der Waals surface area contributed by atoms with Gasteiger partial charge in [0.2, 0.25) is 11.8 Å². The van der Waals surface area contributed by atoms with Crippen molar-refractivity contribution in [3.8, 4) is 0 Å². The first-order valence-corrected chi connectivity index (χ1v) is 18.7. The Labute approximate surface area is 317 Å². The van der Waals surface area contributed by atoms with E-state index in [2.05, 4.69) is 17.5 Å². The molecule has 2 saturated heterocycles. The summed E-state index contributed by atoms with van der Waals surface area (Å²) in [5.74, 6) is -4.05. The van der Waals surface area contributed by atoms with Crippen LogP contribution in [0.5, 0.6) is 0 Å². The van der Waals surface area contributed by atoms with Crippen LogP contribution in [-0.2, 0) is 51.7 Å². The molecule has 0 saturated carbocycles. The molecule has 0 aliphatic carbocycles. The lowest BCUT2D eigenvalue weighted by molar-refractivity contribution is -0.346. The molecule has 2 aliphatic heterocycles. The quantitative estimate of drug-likeness (QED) is 0.0462. The Hall–Kier alpha value is -3.31. The largest absolute Gasteiger partial charge is 0.756 e. The molecule has 2 fully saturated rings. The zero-order valence-corrected chi connectivity index (χ0v) is 32.0. The van der Waals surface area contributed by atoms with Crippen molar-refractivity contribution in [3.05, 3.63) is 34.9 Å².